The highest BCUT2D eigenvalue weighted by Gasteiger charge is 2.26. The highest BCUT2D eigenvalue weighted by Crippen LogP contribution is 2.24. The molecule has 1 atom stereocenters. The van der Waals surface area contributed by atoms with Gasteiger partial charge in [0, 0.05) is 81.9 Å². The molecule has 2 fully saturated rings. The van der Waals surface area contributed by atoms with Crippen LogP contribution in [0.5, 0.6) is 5.75 Å². The van der Waals surface area contributed by atoms with Crippen molar-refractivity contribution in [3.63, 3.8) is 0 Å². The lowest BCUT2D eigenvalue weighted by atomic mass is 9.98. The normalized spacial score (nSPS) is 18.5. The Labute approximate surface area is 231 Å². The van der Waals surface area contributed by atoms with Gasteiger partial charge in [-0.1, -0.05) is 29.8 Å². The van der Waals surface area contributed by atoms with Crippen LogP contribution >= 0.6 is 11.6 Å². The number of aryl methyl sites for hydroxylation is 1. The van der Waals surface area contributed by atoms with Gasteiger partial charge in [-0.25, -0.2) is 0 Å². The quantitative estimate of drug-likeness (QED) is 0.369. The van der Waals surface area contributed by atoms with E-state index in [4.69, 9.17) is 16.3 Å². The van der Waals surface area contributed by atoms with Gasteiger partial charge >= 0.3 is 0 Å². The van der Waals surface area contributed by atoms with E-state index in [0.29, 0.717) is 13.0 Å². The molecule has 2 saturated heterocycles. The molecule has 38 heavy (non-hydrogen) atoms. The SMILES string of the molecule is Cn1ccc(CC(=O)N2CCCCC2CCOc2cccc(CN3CCN(c4cccc(Cl)c4)CC3)c2)c1. The molecule has 2 aliphatic rings. The molecule has 0 spiro atoms. The molecule has 6 nitrogen and oxygen atoms in total. The molecule has 2 aromatic carbocycles. The maximum atomic E-state index is 13.0. The Morgan fingerprint density at radius 2 is 1.82 bits per heavy atom. The number of aromatic nitrogens is 1. The highest BCUT2D eigenvalue weighted by molar-refractivity contribution is 6.30. The number of piperazine rings is 1. The maximum absolute atomic E-state index is 13.0. The van der Waals surface area contributed by atoms with Crippen LogP contribution in [-0.2, 0) is 24.8 Å². The van der Waals surface area contributed by atoms with E-state index < -0.39 is 0 Å². The zero-order chi connectivity index (χ0) is 26.3. The zero-order valence-corrected chi connectivity index (χ0v) is 23.2. The summed E-state index contributed by atoms with van der Waals surface area (Å²) in [5.41, 5.74) is 3.56. The van der Waals surface area contributed by atoms with Gasteiger partial charge in [0.2, 0.25) is 5.91 Å². The summed E-state index contributed by atoms with van der Waals surface area (Å²) in [5.74, 6) is 1.15. The molecule has 0 bridgehead atoms. The number of hydrogen-bond donors (Lipinski definition) is 0. The van der Waals surface area contributed by atoms with Crippen LogP contribution in [-0.4, -0.2) is 65.6 Å². The molecule has 0 saturated carbocycles. The minimum atomic E-state index is 0.235. The second-order valence-electron chi connectivity index (χ2n) is 10.6. The second-order valence-corrected chi connectivity index (χ2v) is 11.1. The van der Waals surface area contributed by atoms with Gasteiger partial charge in [-0.15, -0.1) is 0 Å². The topological polar surface area (TPSA) is 41.0 Å². The molecule has 7 heteroatoms. The van der Waals surface area contributed by atoms with Gasteiger partial charge in [0.1, 0.15) is 5.75 Å². The summed E-state index contributed by atoms with van der Waals surface area (Å²) >= 11 is 6.18. The molecule has 0 N–H and O–H groups in total. The predicted molar refractivity (Wildman–Crippen MR) is 154 cm³/mol. The number of amides is 1. The van der Waals surface area contributed by atoms with Crippen molar-refractivity contribution in [2.24, 2.45) is 7.05 Å². The molecule has 0 radical (unpaired) electrons. The first kappa shape index (κ1) is 26.6. The summed E-state index contributed by atoms with van der Waals surface area (Å²) < 4.78 is 8.19. The van der Waals surface area contributed by atoms with E-state index in [0.717, 1.165) is 74.9 Å². The number of rotatable bonds is 9. The third-order valence-corrected chi connectivity index (χ3v) is 8.00. The summed E-state index contributed by atoms with van der Waals surface area (Å²) in [6.07, 6.45) is 8.72. The Morgan fingerprint density at radius 3 is 2.61 bits per heavy atom. The molecule has 202 valence electrons. The predicted octanol–water partition coefficient (Wildman–Crippen LogP) is 5.39. The minimum Gasteiger partial charge on any atom is -0.494 e. The number of ether oxygens (including phenoxy) is 1. The lowest BCUT2D eigenvalue weighted by Gasteiger charge is -2.36. The summed E-state index contributed by atoms with van der Waals surface area (Å²) in [4.78, 5) is 20.0. The molecule has 5 rings (SSSR count). The molecule has 1 amide bonds. The first-order chi connectivity index (χ1) is 18.5. The van der Waals surface area contributed by atoms with Crippen molar-refractivity contribution in [3.05, 3.63) is 83.1 Å². The van der Waals surface area contributed by atoms with Gasteiger partial charge in [0.25, 0.3) is 0 Å². The third-order valence-electron chi connectivity index (χ3n) is 7.77. The van der Waals surface area contributed by atoms with Gasteiger partial charge in [-0.2, -0.15) is 0 Å². The van der Waals surface area contributed by atoms with E-state index in [1.165, 1.54) is 17.7 Å². The van der Waals surface area contributed by atoms with Gasteiger partial charge in [0.05, 0.1) is 13.0 Å². The van der Waals surface area contributed by atoms with Crippen LogP contribution < -0.4 is 9.64 Å². The summed E-state index contributed by atoms with van der Waals surface area (Å²) in [6.45, 7) is 6.44. The monoisotopic (exact) mass is 534 g/mol. The van der Waals surface area contributed by atoms with Gasteiger partial charge < -0.3 is 19.1 Å². The van der Waals surface area contributed by atoms with Crippen molar-refractivity contribution in [1.29, 1.82) is 0 Å². The number of halogens is 1. The van der Waals surface area contributed by atoms with E-state index in [-0.39, 0.29) is 11.9 Å². The van der Waals surface area contributed by atoms with Gasteiger partial charge in [0.15, 0.2) is 0 Å². The smallest absolute Gasteiger partial charge is 0.227 e. The van der Waals surface area contributed by atoms with Crippen LogP contribution in [0, 0.1) is 0 Å². The number of benzene rings is 2. The number of carbonyl (C=O) groups is 1. The highest BCUT2D eigenvalue weighted by atomic mass is 35.5. The molecule has 1 unspecified atom stereocenters. The molecule has 1 aromatic heterocycles. The molecule has 3 heterocycles. The second kappa shape index (κ2) is 12.7. The van der Waals surface area contributed by atoms with Crippen LogP contribution in [0.4, 0.5) is 5.69 Å². The molecule has 3 aromatic rings. The van der Waals surface area contributed by atoms with Crippen LogP contribution in [0.2, 0.25) is 5.02 Å². The number of piperidine rings is 1. The molecular formula is C31H39ClN4O2. The number of anilines is 1. The Bertz CT molecular complexity index is 1200. The van der Waals surface area contributed by atoms with Gasteiger partial charge in [-0.3, -0.25) is 9.69 Å². The maximum Gasteiger partial charge on any atom is 0.227 e. The van der Waals surface area contributed by atoms with Crippen molar-refractivity contribution < 1.29 is 9.53 Å². The Kier molecular flexibility index (Phi) is 8.92. The number of likely N-dealkylation sites (tertiary alicyclic amines) is 1. The van der Waals surface area contributed by atoms with Crippen molar-refractivity contribution >= 4 is 23.2 Å². The fourth-order valence-corrected chi connectivity index (χ4v) is 5.90. The van der Waals surface area contributed by atoms with E-state index in [2.05, 4.69) is 39.0 Å². The average Bonchev–Trinajstić information content (AvgIpc) is 3.34. The fourth-order valence-electron chi connectivity index (χ4n) is 5.71. The van der Waals surface area contributed by atoms with E-state index in [1.807, 2.05) is 54.3 Å². The fraction of sp³-hybridized carbons (Fsp3) is 0.452. The first-order valence-corrected chi connectivity index (χ1v) is 14.3. The van der Waals surface area contributed by atoms with Crippen molar-refractivity contribution in [2.75, 3.05) is 44.2 Å². The molecule has 0 aliphatic carbocycles. The minimum absolute atomic E-state index is 0.235. The molecular weight excluding hydrogens is 496 g/mol. The number of hydrogen-bond acceptors (Lipinski definition) is 4. The van der Waals surface area contributed by atoms with Crippen LogP contribution in [0.3, 0.4) is 0 Å². The van der Waals surface area contributed by atoms with E-state index in [9.17, 15) is 4.79 Å². The third kappa shape index (κ3) is 7.12. The Hall–Kier alpha value is -2.96. The van der Waals surface area contributed by atoms with Crippen molar-refractivity contribution in [2.45, 2.75) is 44.7 Å². The first-order valence-electron chi connectivity index (χ1n) is 13.9. The van der Waals surface area contributed by atoms with E-state index in [1.54, 1.807) is 0 Å². The van der Waals surface area contributed by atoms with Gasteiger partial charge in [-0.05, 0) is 66.8 Å². The summed E-state index contributed by atoms with van der Waals surface area (Å²) in [7, 11) is 1.99. The largest absolute Gasteiger partial charge is 0.494 e. The average molecular weight is 535 g/mol. The zero-order valence-electron chi connectivity index (χ0n) is 22.4. The lowest BCUT2D eigenvalue weighted by Crippen LogP contribution is -2.45. The van der Waals surface area contributed by atoms with Crippen molar-refractivity contribution in [3.8, 4) is 5.75 Å². The Morgan fingerprint density at radius 1 is 0.974 bits per heavy atom. The number of carbonyl (C=O) groups excluding carboxylic acids is 1. The molecule has 2 aliphatic heterocycles. The number of nitrogens with zero attached hydrogens (tertiary/aromatic N) is 4. The Balaban J connectivity index is 1.08. The standard InChI is InChI=1S/C31H39ClN4O2/c1-33-14-11-26(23-33)21-31(37)36-13-3-2-8-28(36)12-19-38-30-10-4-6-25(20-30)24-34-15-17-35(18-16-34)29-9-5-7-27(32)22-29/h4-7,9-11,14,20,22-23,28H,2-3,8,12-13,15-19,21,24H2,1H3. The van der Waals surface area contributed by atoms with Crippen LogP contribution in [0.25, 0.3) is 0 Å². The van der Waals surface area contributed by atoms with Crippen molar-refractivity contribution in [1.82, 2.24) is 14.4 Å². The summed E-state index contributed by atoms with van der Waals surface area (Å²) in [5, 5.41) is 0.789. The lowest BCUT2D eigenvalue weighted by molar-refractivity contribution is -0.134. The van der Waals surface area contributed by atoms with E-state index >= 15 is 0 Å². The van der Waals surface area contributed by atoms with Crippen LogP contribution in [0.15, 0.2) is 67.0 Å². The van der Waals surface area contributed by atoms with Crippen LogP contribution in [0.1, 0.15) is 36.8 Å². The summed E-state index contributed by atoms with van der Waals surface area (Å²) in [6, 6.07) is 18.9.